The summed E-state index contributed by atoms with van der Waals surface area (Å²) in [4.78, 5) is 0. The van der Waals surface area contributed by atoms with E-state index in [0.29, 0.717) is 0 Å². The summed E-state index contributed by atoms with van der Waals surface area (Å²) in [5, 5.41) is 8.90. The third-order valence-corrected chi connectivity index (χ3v) is 4.64. The number of aliphatic hydroxyl groups is 1. The summed E-state index contributed by atoms with van der Waals surface area (Å²) < 4.78 is 0. The van der Waals surface area contributed by atoms with Crippen LogP contribution in [0.4, 0.5) is 0 Å². The fraction of sp³-hybridized carbons (Fsp3) is 0.905. The molecule has 0 aliphatic heterocycles. The first-order valence-electron chi connectivity index (χ1n) is 9.72. The minimum Gasteiger partial charge on any atom is -0.392 e. The Morgan fingerprint density at radius 3 is 1.91 bits per heavy atom. The maximum atomic E-state index is 8.90. The second kappa shape index (κ2) is 14.3. The molecule has 0 unspecified atom stereocenters. The first-order chi connectivity index (χ1) is 10.5. The summed E-state index contributed by atoms with van der Waals surface area (Å²) in [7, 11) is 0. The van der Waals surface area contributed by atoms with Gasteiger partial charge in [-0.2, -0.15) is 0 Å². The van der Waals surface area contributed by atoms with Crippen molar-refractivity contribution in [3.63, 3.8) is 0 Å². The topological polar surface area (TPSA) is 20.2 Å². The van der Waals surface area contributed by atoms with Crippen LogP contribution in [0.3, 0.4) is 0 Å². The molecular formula is C21H42O. The first-order valence-corrected chi connectivity index (χ1v) is 9.72. The number of hydrogen-bond donors (Lipinski definition) is 1. The van der Waals surface area contributed by atoms with Gasteiger partial charge in [-0.25, -0.2) is 0 Å². The molecule has 0 aromatic rings. The van der Waals surface area contributed by atoms with E-state index < -0.39 is 0 Å². The minimum atomic E-state index is 0.186. The van der Waals surface area contributed by atoms with Crippen LogP contribution in [0.25, 0.3) is 0 Å². The van der Waals surface area contributed by atoms with Crippen molar-refractivity contribution in [3.05, 3.63) is 11.6 Å². The predicted molar refractivity (Wildman–Crippen MR) is 100 cm³/mol. The second-order valence-corrected chi connectivity index (χ2v) is 7.98. The molecule has 0 aromatic carbocycles. The van der Waals surface area contributed by atoms with Crippen molar-refractivity contribution in [1.29, 1.82) is 0 Å². The lowest BCUT2D eigenvalue weighted by Gasteiger charge is -2.17. The van der Waals surface area contributed by atoms with E-state index in [4.69, 9.17) is 5.11 Å². The molecule has 0 radical (unpaired) electrons. The summed E-state index contributed by atoms with van der Waals surface area (Å²) in [6.07, 6.45) is 15.7. The molecular weight excluding hydrogens is 268 g/mol. The van der Waals surface area contributed by atoms with Crippen LogP contribution in [0.2, 0.25) is 0 Å². The Morgan fingerprint density at radius 1 is 0.818 bits per heavy atom. The van der Waals surface area contributed by atoms with Gasteiger partial charge in [-0.05, 0) is 37.5 Å². The van der Waals surface area contributed by atoms with Gasteiger partial charge in [0.25, 0.3) is 0 Å². The van der Waals surface area contributed by atoms with E-state index >= 15 is 0 Å². The van der Waals surface area contributed by atoms with Crippen molar-refractivity contribution in [3.8, 4) is 0 Å². The maximum Gasteiger partial charge on any atom is 0.0614 e. The number of aliphatic hydroxyl groups excluding tert-OH is 1. The number of unbranched alkanes of at least 4 members (excludes halogenated alkanes) is 5. The van der Waals surface area contributed by atoms with Crippen LogP contribution in [0, 0.1) is 17.8 Å². The molecule has 0 rings (SSSR count). The molecule has 0 spiro atoms. The molecule has 0 bridgehead atoms. The quantitative estimate of drug-likeness (QED) is 0.278. The van der Waals surface area contributed by atoms with Crippen molar-refractivity contribution in [2.24, 2.45) is 17.8 Å². The molecule has 2 atom stereocenters. The predicted octanol–water partition coefficient (Wildman–Crippen LogP) is 6.75. The Balaban J connectivity index is 3.49. The van der Waals surface area contributed by atoms with Gasteiger partial charge >= 0.3 is 0 Å². The zero-order valence-electron chi connectivity index (χ0n) is 16.0. The molecule has 1 nitrogen and oxygen atoms in total. The number of rotatable bonds is 14. The van der Waals surface area contributed by atoms with Crippen LogP contribution in [0.1, 0.15) is 98.8 Å². The van der Waals surface area contributed by atoms with Crippen molar-refractivity contribution in [2.45, 2.75) is 98.8 Å². The van der Waals surface area contributed by atoms with Gasteiger partial charge in [0.1, 0.15) is 0 Å². The fourth-order valence-corrected chi connectivity index (χ4v) is 3.43. The highest BCUT2D eigenvalue weighted by molar-refractivity contribution is 4.98. The third kappa shape index (κ3) is 14.6. The van der Waals surface area contributed by atoms with E-state index in [2.05, 4.69) is 34.6 Å². The molecule has 1 heteroatoms. The largest absolute Gasteiger partial charge is 0.392 e. The SMILES string of the molecule is CC(=CCO)C[C@@H](C)C[C@@H](C)CCCCCCCCC(C)C. The number of allylic oxidation sites excluding steroid dienone is 1. The molecule has 0 saturated heterocycles. The Kier molecular flexibility index (Phi) is 14.1. The number of hydrogen-bond acceptors (Lipinski definition) is 1. The van der Waals surface area contributed by atoms with Gasteiger partial charge in [-0.3, -0.25) is 0 Å². The highest BCUT2D eigenvalue weighted by Crippen LogP contribution is 2.23. The van der Waals surface area contributed by atoms with E-state index in [1.165, 1.54) is 63.4 Å². The zero-order valence-corrected chi connectivity index (χ0v) is 16.0. The van der Waals surface area contributed by atoms with Gasteiger partial charge in [0.05, 0.1) is 6.61 Å². The second-order valence-electron chi connectivity index (χ2n) is 7.98. The van der Waals surface area contributed by atoms with Crippen LogP contribution >= 0.6 is 0 Å². The average molecular weight is 311 g/mol. The summed E-state index contributed by atoms with van der Waals surface area (Å²) in [5.74, 6) is 2.46. The molecule has 0 heterocycles. The third-order valence-electron chi connectivity index (χ3n) is 4.64. The van der Waals surface area contributed by atoms with E-state index in [-0.39, 0.29) is 6.61 Å². The van der Waals surface area contributed by atoms with Crippen molar-refractivity contribution >= 4 is 0 Å². The molecule has 1 N–H and O–H groups in total. The van der Waals surface area contributed by atoms with Crippen LogP contribution in [0.5, 0.6) is 0 Å². The summed E-state index contributed by atoms with van der Waals surface area (Å²) in [5.41, 5.74) is 1.34. The van der Waals surface area contributed by atoms with Crippen LogP contribution in [-0.2, 0) is 0 Å². The Morgan fingerprint density at radius 2 is 1.36 bits per heavy atom. The molecule has 0 saturated carbocycles. The lowest BCUT2D eigenvalue weighted by Crippen LogP contribution is -2.04. The molecule has 0 amide bonds. The van der Waals surface area contributed by atoms with Gasteiger partial charge in [0.2, 0.25) is 0 Å². The highest BCUT2D eigenvalue weighted by Gasteiger charge is 2.09. The summed E-state index contributed by atoms with van der Waals surface area (Å²) in [6.45, 7) is 11.7. The molecule has 0 fully saturated rings. The molecule has 0 aromatic heterocycles. The highest BCUT2D eigenvalue weighted by atomic mass is 16.2. The van der Waals surface area contributed by atoms with Crippen LogP contribution in [0.15, 0.2) is 11.6 Å². The smallest absolute Gasteiger partial charge is 0.0614 e. The van der Waals surface area contributed by atoms with Gasteiger partial charge < -0.3 is 5.11 Å². The Hall–Kier alpha value is -0.300. The van der Waals surface area contributed by atoms with Gasteiger partial charge in [0.15, 0.2) is 0 Å². The molecule has 22 heavy (non-hydrogen) atoms. The lowest BCUT2D eigenvalue weighted by molar-refractivity contribution is 0.339. The normalized spacial score (nSPS) is 15.3. The molecule has 0 aliphatic rings. The van der Waals surface area contributed by atoms with Crippen molar-refractivity contribution in [1.82, 2.24) is 0 Å². The van der Waals surface area contributed by atoms with E-state index in [1.54, 1.807) is 0 Å². The Labute approximate surface area is 140 Å². The average Bonchev–Trinajstić information content (AvgIpc) is 2.41. The van der Waals surface area contributed by atoms with E-state index in [0.717, 1.165) is 24.2 Å². The monoisotopic (exact) mass is 310 g/mol. The summed E-state index contributed by atoms with van der Waals surface area (Å²) >= 11 is 0. The van der Waals surface area contributed by atoms with Gasteiger partial charge in [-0.1, -0.05) is 90.7 Å². The fourth-order valence-electron chi connectivity index (χ4n) is 3.43. The Bertz CT molecular complexity index is 267. The van der Waals surface area contributed by atoms with E-state index in [9.17, 15) is 0 Å². The van der Waals surface area contributed by atoms with Gasteiger partial charge in [-0.15, -0.1) is 0 Å². The maximum absolute atomic E-state index is 8.90. The first kappa shape index (κ1) is 21.7. The summed E-state index contributed by atoms with van der Waals surface area (Å²) in [6, 6.07) is 0. The van der Waals surface area contributed by atoms with E-state index in [1.807, 2.05) is 6.08 Å². The standard InChI is InChI=1S/C21H42O/c1-18(2)12-10-8-6-7-9-11-13-19(3)16-21(5)17-20(4)14-15-22/h14,18-19,21-22H,6-13,15-17H2,1-5H3/t19-,21-/m0/s1. The lowest BCUT2D eigenvalue weighted by atomic mass is 9.89. The van der Waals surface area contributed by atoms with Gasteiger partial charge in [0, 0.05) is 0 Å². The van der Waals surface area contributed by atoms with Crippen LogP contribution in [-0.4, -0.2) is 11.7 Å². The zero-order chi connectivity index (χ0) is 16.8. The molecule has 0 aliphatic carbocycles. The van der Waals surface area contributed by atoms with Crippen molar-refractivity contribution in [2.75, 3.05) is 6.61 Å². The molecule has 132 valence electrons. The minimum absolute atomic E-state index is 0.186. The van der Waals surface area contributed by atoms with Crippen LogP contribution < -0.4 is 0 Å². The van der Waals surface area contributed by atoms with Crippen molar-refractivity contribution < 1.29 is 5.11 Å².